The van der Waals surface area contributed by atoms with Crippen molar-refractivity contribution in [3.8, 4) is 0 Å². The number of rotatable bonds is 10. The molecule has 1 aromatic heterocycles. The Morgan fingerprint density at radius 1 is 1.17 bits per heavy atom. The van der Waals surface area contributed by atoms with Gasteiger partial charge < -0.3 is 19.5 Å². The Labute approximate surface area is 213 Å². The van der Waals surface area contributed by atoms with Gasteiger partial charge in [0.1, 0.15) is 0 Å². The fraction of sp³-hybridized carbons (Fsp3) is 0.407. The highest BCUT2D eigenvalue weighted by molar-refractivity contribution is 7.90. The molecule has 0 aliphatic carbocycles. The molecule has 9 heteroatoms. The molecule has 4 rings (SSSR count). The second kappa shape index (κ2) is 11.7. The van der Waals surface area contributed by atoms with Crippen LogP contribution in [0, 0.1) is 6.92 Å². The van der Waals surface area contributed by atoms with E-state index in [2.05, 4.69) is 10.3 Å². The molecule has 2 amide bonds. The molecule has 2 heterocycles. The van der Waals surface area contributed by atoms with Crippen molar-refractivity contribution in [1.29, 1.82) is 0 Å². The number of urea groups is 1. The Morgan fingerprint density at radius 3 is 2.61 bits per heavy atom. The lowest BCUT2D eigenvalue weighted by molar-refractivity contribution is 0.0789. The second-order valence-corrected chi connectivity index (χ2v) is 11.0. The van der Waals surface area contributed by atoms with E-state index in [1.807, 2.05) is 68.4 Å². The number of ether oxygens (including phenoxy) is 1. The van der Waals surface area contributed by atoms with Crippen molar-refractivity contribution in [2.45, 2.75) is 56.8 Å². The Balaban J connectivity index is 1.68. The summed E-state index contributed by atoms with van der Waals surface area (Å²) in [5.41, 5.74) is 3.27. The molecule has 3 aromatic rings. The van der Waals surface area contributed by atoms with Crippen molar-refractivity contribution in [2.24, 2.45) is 0 Å². The van der Waals surface area contributed by atoms with E-state index in [1.165, 1.54) is 0 Å². The van der Waals surface area contributed by atoms with E-state index in [1.54, 1.807) is 15.7 Å². The predicted octanol–water partition coefficient (Wildman–Crippen LogP) is 3.92. The number of nitrogens with one attached hydrogen (secondary N) is 1. The third-order valence-electron chi connectivity index (χ3n) is 6.39. The summed E-state index contributed by atoms with van der Waals surface area (Å²) in [6.07, 6.45) is 3.42. The molecule has 0 unspecified atom stereocenters. The number of aromatic nitrogens is 2. The maximum Gasteiger partial charge on any atom is 0.317 e. The van der Waals surface area contributed by atoms with Gasteiger partial charge in [-0.25, -0.2) is 18.2 Å². The molecule has 192 valence electrons. The number of hydrogen-bond acceptors (Lipinski definition) is 5. The van der Waals surface area contributed by atoms with Crippen LogP contribution in [0.1, 0.15) is 42.1 Å². The number of benzene rings is 2. The quantitative estimate of drug-likeness (QED) is 0.446. The smallest absolute Gasteiger partial charge is 0.317 e. The summed E-state index contributed by atoms with van der Waals surface area (Å²) in [4.78, 5) is 19.0. The molecule has 0 saturated carbocycles. The number of nitrogens with zero attached hydrogens (tertiary/aromatic N) is 3. The number of amides is 2. The molecule has 0 radical (unpaired) electrons. The van der Waals surface area contributed by atoms with Crippen LogP contribution >= 0.6 is 0 Å². The highest BCUT2D eigenvalue weighted by Gasteiger charge is 2.28. The second-order valence-electron chi connectivity index (χ2n) is 9.14. The van der Waals surface area contributed by atoms with E-state index in [0.29, 0.717) is 31.9 Å². The van der Waals surface area contributed by atoms with Crippen molar-refractivity contribution >= 4 is 15.9 Å². The lowest BCUT2D eigenvalue weighted by Gasteiger charge is -2.26. The summed E-state index contributed by atoms with van der Waals surface area (Å²) in [5, 5.41) is 2.88. The number of aryl methyl sites for hydroxylation is 1. The van der Waals surface area contributed by atoms with Crippen LogP contribution in [0.2, 0.25) is 0 Å². The van der Waals surface area contributed by atoms with E-state index >= 15 is 0 Å². The van der Waals surface area contributed by atoms with Crippen LogP contribution in [0.4, 0.5) is 4.79 Å². The first-order valence-corrected chi connectivity index (χ1v) is 14.0. The molecule has 1 atom stereocenters. The van der Waals surface area contributed by atoms with Crippen LogP contribution in [-0.4, -0.2) is 54.7 Å². The molecule has 0 bridgehead atoms. The summed E-state index contributed by atoms with van der Waals surface area (Å²) < 4.78 is 34.7. The van der Waals surface area contributed by atoms with E-state index in [4.69, 9.17) is 4.74 Å². The molecule has 1 saturated heterocycles. The number of carbonyl (C=O) groups is 1. The number of hydrogen-bond donors (Lipinski definition) is 1. The van der Waals surface area contributed by atoms with Gasteiger partial charge in [-0.15, -0.1) is 0 Å². The van der Waals surface area contributed by atoms with Crippen LogP contribution in [0.3, 0.4) is 0 Å². The zero-order valence-electron chi connectivity index (χ0n) is 20.9. The van der Waals surface area contributed by atoms with Crippen molar-refractivity contribution in [3.05, 3.63) is 83.2 Å². The van der Waals surface area contributed by atoms with E-state index < -0.39 is 9.84 Å². The minimum absolute atomic E-state index is 0.0116. The van der Waals surface area contributed by atoms with Crippen molar-refractivity contribution in [2.75, 3.05) is 19.7 Å². The van der Waals surface area contributed by atoms with Crippen LogP contribution in [0.5, 0.6) is 0 Å². The van der Waals surface area contributed by atoms with Gasteiger partial charge in [-0.2, -0.15) is 0 Å². The van der Waals surface area contributed by atoms with Gasteiger partial charge >= 0.3 is 6.03 Å². The molecule has 8 nitrogen and oxygen atoms in total. The van der Waals surface area contributed by atoms with Gasteiger partial charge in [-0.3, -0.25) is 0 Å². The Morgan fingerprint density at radius 2 is 1.92 bits per heavy atom. The summed E-state index contributed by atoms with van der Waals surface area (Å²) in [7, 11) is -3.75. The topological polar surface area (TPSA) is 93.5 Å². The molecule has 2 aromatic carbocycles. The summed E-state index contributed by atoms with van der Waals surface area (Å²) in [6, 6.07) is 16.9. The number of sulfone groups is 1. The fourth-order valence-corrected chi connectivity index (χ4v) is 6.05. The average molecular weight is 511 g/mol. The van der Waals surface area contributed by atoms with Gasteiger partial charge in [0, 0.05) is 19.7 Å². The Hall–Kier alpha value is -3.17. The van der Waals surface area contributed by atoms with Crippen LogP contribution in [0.25, 0.3) is 0 Å². The van der Waals surface area contributed by atoms with Crippen molar-refractivity contribution < 1.29 is 17.9 Å². The Kier molecular flexibility index (Phi) is 8.43. The first kappa shape index (κ1) is 25.9. The van der Waals surface area contributed by atoms with Crippen molar-refractivity contribution in [3.63, 3.8) is 0 Å². The molecule has 1 N–H and O–H groups in total. The third kappa shape index (κ3) is 6.33. The normalized spacial score (nSPS) is 15.7. The molecule has 0 spiro atoms. The molecular weight excluding hydrogens is 476 g/mol. The van der Waals surface area contributed by atoms with Crippen LogP contribution in [0.15, 0.2) is 66.0 Å². The molecule has 1 fully saturated rings. The monoisotopic (exact) mass is 510 g/mol. The third-order valence-corrected chi connectivity index (χ3v) is 7.96. The van der Waals surface area contributed by atoms with E-state index in [0.717, 1.165) is 29.5 Å². The highest BCUT2D eigenvalue weighted by atomic mass is 32.2. The highest BCUT2D eigenvalue weighted by Crippen LogP contribution is 2.22. The van der Waals surface area contributed by atoms with Gasteiger partial charge in [-0.1, -0.05) is 54.6 Å². The Bertz CT molecular complexity index is 1270. The summed E-state index contributed by atoms with van der Waals surface area (Å²) in [6.45, 7) is 5.97. The summed E-state index contributed by atoms with van der Waals surface area (Å²) in [5.74, 6) is -0.138. The van der Waals surface area contributed by atoms with Gasteiger partial charge in [0.15, 0.2) is 0 Å². The first-order chi connectivity index (χ1) is 17.4. The SMILES string of the molecule is CCNC(=O)N(Cc1cnc(S(=O)(=O)Cc2ccccc2C)n1Cc1ccccc1)C[C@@H]1CCCO1. The summed E-state index contributed by atoms with van der Waals surface area (Å²) >= 11 is 0. The lowest BCUT2D eigenvalue weighted by Crippen LogP contribution is -2.43. The maximum atomic E-state index is 13.6. The van der Waals surface area contributed by atoms with Gasteiger partial charge in [0.05, 0.1) is 36.8 Å². The molecule has 1 aliphatic heterocycles. The van der Waals surface area contributed by atoms with E-state index in [-0.39, 0.29) is 29.6 Å². The van der Waals surface area contributed by atoms with Crippen LogP contribution < -0.4 is 5.32 Å². The lowest BCUT2D eigenvalue weighted by atomic mass is 10.1. The minimum Gasteiger partial charge on any atom is -0.376 e. The number of imidazole rings is 1. The molecular formula is C27H34N4O4S. The van der Waals surface area contributed by atoms with E-state index in [9.17, 15) is 13.2 Å². The zero-order valence-corrected chi connectivity index (χ0v) is 21.7. The van der Waals surface area contributed by atoms with Gasteiger partial charge in [-0.05, 0) is 43.4 Å². The number of carbonyl (C=O) groups excluding carboxylic acids is 1. The molecule has 1 aliphatic rings. The largest absolute Gasteiger partial charge is 0.376 e. The maximum absolute atomic E-state index is 13.6. The van der Waals surface area contributed by atoms with Crippen LogP contribution in [-0.2, 0) is 33.4 Å². The zero-order chi connectivity index (χ0) is 25.5. The predicted molar refractivity (Wildman–Crippen MR) is 138 cm³/mol. The fourth-order valence-electron chi connectivity index (χ4n) is 4.45. The standard InChI is InChI=1S/C27H34N4O4S/c1-3-28-26(32)30(19-25-14-9-15-35-25)18-24-16-29-27(31(24)17-22-11-5-4-6-12-22)36(33,34)20-23-13-8-7-10-21(23)2/h4-8,10-13,16,25H,3,9,14-15,17-20H2,1-2H3,(H,28,32)/t25-/m0/s1. The minimum atomic E-state index is -3.75. The first-order valence-electron chi connectivity index (χ1n) is 12.4. The average Bonchev–Trinajstić information content (AvgIpc) is 3.51. The van der Waals surface area contributed by atoms with Gasteiger partial charge in [0.2, 0.25) is 15.0 Å². The molecule has 36 heavy (non-hydrogen) atoms. The van der Waals surface area contributed by atoms with Crippen molar-refractivity contribution in [1.82, 2.24) is 19.8 Å². The van der Waals surface area contributed by atoms with Gasteiger partial charge in [0.25, 0.3) is 0 Å².